The third-order valence-electron chi connectivity index (χ3n) is 3.35. The fraction of sp³-hybridized carbons (Fsp3) is 0.615. The summed E-state index contributed by atoms with van der Waals surface area (Å²) in [5.41, 5.74) is 0. The van der Waals surface area contributed by atoms with Gasteiger partial charge in [0.15, 0.2) is 0 Å². The van der Waals surface area contributed by atoms with E-state index in [1.165, 1.54) is 11.3 Å². The van der Waals surface area contributed by atoms with Crippen molar-refractivity contribution >= 4 is 41.3 Å². The molecule has 0 radical (unpaired) electrons. The summed E-state index contributed by atoms with van der Waals surface area (Å²) in [6.07, 6.45) is 0. The molecule has 1 fully saturated rings. The number of thiophene rings is 1. The number of nitrogens with one attached hydrogen (secondary N) is 2. The van der Waals surface area contributed by atoms with Crippen molar-refractivity contribution in [2.75, 3.05) is 39.3 Å². The molecule has 7 heteroatoms. The molecular weight excluding hydrogens is 317 g/mol. The SMILES string of the molecule is CC(C(=O)NCCN1CCNCC1)c1ccc(Cl)s1.Cl. The van der Waals surface area contributed by atoms with Crippen LogP contribution in [0.15, 0.2) is 12.1 Å². The number of carbonyl (C=O) groups excluding carboxylic acids is 1. The molecule has 1 aliphatic heterocycles. The molecule has 2 N–H and O–H groups in total. The van der Waals surface area contributed by atoms with Gasteiger partial charge in [0.25, 0.3) is 0 Å². The lowest BCUT2D eigenvalue weighted by Crippen LogP contribution is -2.46. The van der Waals surface area contributed by atoms with E-state index >= 15 is 0 Å². The molecule has 1 aromatic heterocycles. The second kappa shape index (κ2) is 8.85. The largest absolute Gasteiger partial charge is 0.354 e. The third-order valence-corrected chi connectivity index (χ3v) is 4.76. The fourth-order valence-electron chi connectivity index (χ4n) is 2.12. The van der Waals surface area contributed by atoms with Crippen molar-refractivity contribution in [2.24, 2.45) is 0 Å². The molecule has 2 heterocycles. The third kappa shape index (κ3) is 5.22. The number of carbonyl (C=O) groups is 1. The van der Waals surface area contributed by atoms with E-state index in [4.69, 9.17) is 11.6 Å². The summed E-state index contributed by atoms with van der Waals surface area (Å²) in [6, 6.07) is 3.76. The van der Waals surface area contributed by atoms with Gasteiger partial charge >= 0.3 is 0 Å². The molecule has 0 aliphatic carbocycles. The summed E-state index contributed by atoms with van der Waals surface area (Å²) < 4.78 is 0.732. The highest BCUT2D eigenvalue weighted by Crippen LogP contribution is 2.27. The van der Waals surface area contributed by atoms with Crippen molar-refractivity contribution in [1.82, 2.24) is 15.5 Å². The normalized spacial score (nSPS) is 17.3. The Kier molecular flexibility index (Phi) is 7.84. The molecule has 2 rings (SSSR count). The second-order valence-electron chi connectivity index (χ2n) is 4.75. The highest BCUT2D eigenvalue weighted by Gasteiger charge is 2.17. The Morgan fingerprint density at radius 2 is 2.20 bits per heavy atom. The number of rotatable bonds is 5. The summed E-state index contributed by atoms with van der Waals surface area (Å²) >= 11 is 7.36. The molecule has 114 valence electrons. The smallest absolute Gasteiger partial charge is 0.228 e. The maximum absolute atomic E-state index is 12.0. The van der Waals surface area contributed by atoms with Gasteiger partial charge in [0.2, 0.25) is 5.91 Å². The van der Waals surface area contributed by atoms with Gasteiger partial charge in [-0.05, 0) is 19.1 Å². The molecule has 1 unspecified atom stereocenters. The van der Waals surface area contributed by atoms with Gasteiger partial charge in [-0.15, -0.1) is 23.7 Å². The van der Waals surface area contributed by atoms with E-state index in [0.717, 1.165) is 41.9 Å². The lowest BCUT2D eigenvalue weighted by Gasteiger charge is -2.27. The molecular formula is C13H21Cl2N3OS. The first-order valence-corrected chi connectivity index (χ1v) is 7.82. The van der Waals surface area contributed by atoms with Gasteiger partial charge in [0.1, 0.15) is 0 Å². The van der Waals surface area contributed by atoms with Gasteiger partial charge in [0, 0.05) is 44.1 Å². The molecule has 0 saturated carbocycles. The van der Waals surface area contributed by atoms with Gasteiger partial charge in [-0.3, -0.25) is 9.69 Å². The van der Waals surface area contributed by atoms with Gasteiger partial charge in [-0.2, -0.15) is 0 Å². The minimum absolute atomic E-state index is 0. The standard InChI is InChI=1S/C13H20ClN3OS.ClH/c1-10(11-2-3-12(14)19-11)13(18)16-6-9-17-7-4-15-5-8-17;/h2-3,10,15H,4-9H2,1H3,(H,16,18);1H. The first-order chi connectivity index (χ1) is 9.16. The van der Waals surface area contributed by atoms with Crippen LogP contribution in [0.2, 0.25) is 4.34 Å². The minimum Gasteiger partial charge on any atom is -0.354 e. The fourth-order valence-corrected chi connectivity index (χ4v) is 3.23. The van der Waals surface area contributed by atoms with Crippen LogP contribution < -0.4 is 10.6 Å². The number of hydrogen-bond acceptors (Lipinski definition) is 4. The molecule has 0 aromatic carbocycles. The summed E-state index contributed by atoms with van der Waals surface area (Å²) in [5.74, 6) is -0.0471. The summed E-state index contributed by atoms with van der Waals surface area (Å²) in [5, 5.41) is 6.32. The number of piperazine rings is 1. The molecule has 0 spiro atoms. The van der Waals surface area contributed by atoms with Gasteiger partial charge in [-0.1, -0.05) is 11.6 Å². The Labute approximate surface area is 135 Å². The summed E-state index contributed by atoms with van der Waals surface area (Å²) in [7, 11) is 0. The van der Waals surface area contributed by atoms with Crippen LogP contribution in [0.3, 0.4) is 0 Å². The van der Waals surface area contributed by atoms with E-state index in [1.807, 2.05) is 19.1 Å². The van der Waals surface area contributed by atoms with E-state index < -0.39 is 0 Å². The Morgan fingerprint density at radius 1 is 1.50 bits per heavy atom. The average molecular weight is 338 g/mol. The zero-order valence-electron chi connectivity index (χ0n) is 11.5. The van der Waals surface area contributed by atoms with Gasteiger partial charge in [-0.25, -0.2) is 0 Å². The Balaban J connectivity index is 0.00000200. The number of halogens is 2. The highest BCUT2D eigenvalue weighted by molar-refractivity contribution is 7.16. The highest BCUT2D eigenvalue weighted by atomic mass is 35.5. The van der Waals surface area contributed by atoms with Crippen molar-refractivity contribution in [2.45, 2.75) is 12.8 Å². The van der Waals surface area contributed by atoms with Crippen LogP contribution in [0, 0.1) is 0 Å². The van der Waals surface area contributed by atoms with Crippen LogP contribution in [0.4, 0.5) is 0 Å². The van der Waals surface area contributed by atoms with E-state index in [9.17, 15) is 4.79 Å². The zero-order chi connectivity index (χ0) is 13.7. The summed E-state index contributed by atoms with van der Waals surface area (Å²) in [6.45, 7) is 7.75. The van der Waals surface area contributed by atoms with Crippen LogP contribution >= 0.6 is 35.3 Å². The van der Waals surface area contributed by atoms with Crippen LogP contribution in [-0.4, -0.2) is 50.1 Å². The Bertz CT molecular complexity index is 422. The van der Waals surface area contributed by atoms with Crippen molar-refractivity contribution in [3.63, 3.8) is 0 Å². The summed E-state index contributed by atoms with van der Waals surface area (Å²) in [4.78, 5) is 15.4. The quantitative estimate of drug-likeness (QED) is 0.863. The van der Waals surface area contributed by atoms with Crippen LogP contribution in [0.1, 0.15) is 17.7 Å². The van der Waals surface area contributed by atoms with Crippen LogP contribution in [0.5, 0.6) is 0 Å². The predicted molar refractivity (Wildman–Crippen MR) is 87.3 cm³/mol. The predicted octanol–water partition coefficient (Wildman–Crippen LogP) is 1.95. The molecule has 1 saturated heterocycles. The van der Waals surface area contributed by atoms with E-state index in [2.05, 4.69) is 15.5 Å². The molecule has 4 nitrogen and oxygen atoms in total. The van der Waals surface area contributed by atoms with Crippen molar-refractivity contribution in [3.05, 3.63) is 21.3 Å². The maximum atomic E-state index is 12.0. The van der Waals surface area contributed by atoms with E-state index in [-0.39, 0.29) is 24.2 Å². The average Bonchev–Trinajstić information content (AvgIpc) is 2.85. The number of amides is 1. The van der Waals surface area contributed by atoms with Gasteiger partial charge < -0.3 is 10.6 Å². The van der Waals surface area contributed by atoms with E-state index in [0.29, 0.717) is 6.54 Å². The van der Waals surface area contributed by atoms with Crippen molar-refractivity contribution in [3.8, 4) is 0 Å². The molecule has 1 amide bonds. The monoisotopic (exact) mass is 337 g/mol. The van der Waals surface area contributed by atoms with Crippen LogP contribution in [-0.2, 0) is 4.79 Å². The lowest BCUT2D eigenvalue weighted by atomic mass is 10.1. The Morgan fingerprint density at radius 3 is 2.80 bits per heavy atom. The number of hydrogen-bond donors (Lipinski definition) is 2. The minimum atomic E-state index is -0.125. The zero-order valence-corrected chi connectivity index (χ0v) is 13.9. The number of nitrogens with zero attached hydrogens (tertiary/aromatic N) is 1. The van der Waals surface area contributed by atoms with E-state index in [1.54, 1.807) is 0 Å². The molecule has 0 bridgehead atoms. The maximum Gasteiger partial charge on any atom is 0.228 e. The molecule has 1 aromatic rings. The Hall–Kier alpha value is -0.330. The first kappa shape index (κ1) is 17.7. The topological polar surface area (TPSA) is 44.4 Å². The lowest BCUT2D eigenvalue weighted by molar-refractivity contribution is -0.122. The molecule has 1 atom stereocenters. The molecule has 1 aliphatic rings. The molecule has 20 heavy (non-hydrogen) atoms. The van der Waals surface area contributed by atoms with Gasteiger partial charge in [0.05, 0.1) is 10.3 Å². The van der Waals surface area contributed by atoms with Crippen molar-refractivity contribution in [1.29, 1.82) is 0 Å². The first-order valence-electron chi connectivity index (χ1n) is 6.63. The van der Waals surface area contributed by atoms with Crippen molar-refractivity contribution < 1.29 is 4.79 Å². The van der Waals surface area contributed by atoms with Crippen LogP contribution in [0.25, 0.3) is 0 Å². The second-order valence-corrected chi connectivity index (χ2v) is 6.49.